The van der Waals surface area contributed by atoms with E-state index in [1.54, 1.807) is 25.3 Å². The number of fused-ring (bicyclic) bond motifs is 1. The Bertz CT molecular complexity index is 1150. The fourth-order valence-electron chi connectivity index (χ4n) is 3.04. The third-order valence-corrected chi connectivity index (χ3v) is 4.45. The van der Waals surface area contributed by atoms with Crippen LogP contribution in [0.1, 0.15) is 23.0 Å². The molecule has 140 valence electrons. The van der Waals surface area contributed by atoms with E-state index in [4.69, 9.17) is 4.74 Å². The maximum Gasteiger partial charge on any atom is 0.357 e. The molecule has 0 fully saturated rings. The third kappa shape index (κ3) is 3.24. The number of hydrogen-bond donors (Lipinski definition) is 0. The summed E-state index contributed by atoms with van der Waals surface area (Å²) in [4.78, 5) is 17.2. The van der Waals surface area contributed by atoms with Crippen molar-refractivity contribution in [1.82, 2.24) is 14.6 Å². The average molecular weight is 375 g/mol. The molecule has 0 saturated heterocycles. The standard InChI is InChI=1S/C22H18FN3O2/c1-3-28-22(27)21-18(15-8-10-17(23)11-9-15)13-24-20-12-19(25-26(20)21)16-6-4-14(2)5-7-16/h4-13H,3H2,1-2H3. The SMILES string of the molecule is CCOC(=O)c1c(-c2ccc(F)cc2)cnc2cc(-c3ccc(C)cc3)nn12. The first-order chi connectivity index (χ1) is 13.6. The maximum absolute atomic E-state index is 13.3. The first-order valence-corrected chi connectivity index (χ1v) is 8.95. The highest BCUT2D eigenvalue weighted by molar-refractivity contribution is 5.96. The molecule has 6 heteroatoms. The monoisotopic (exact) mass is 375 g/mol. The molecule has 0 spiro atoms. The van der Waals surface area contributed by atoms with Crippen molar-refractivity contribution in [2.24, 2.45) is 0 Å². The predicted molar refractivity (Wildman–Crippen MR) is 105 cm³/mol. The zero-order chi connectivity index (χ0) is 19.7. The molecular formula is C22H18FN3O2. The van der Waals surface area contributed by atoms with Crippen molar-refractivity contribution in [2.75, 3.05) is 6.61 Å². The average Bonchev–Trinajstić information content (AvgIpc) is 3.12. The Kier molecular flexibility index (Phi) is 4.61. The summed E-state index contributed by atoms with van der Waals surface area (Å²) in [5.41, 5.74) is 4.76. The van der Waals surface area contributed by atoms with Crippen LogP contribution in [0.15, 0.2) is 60.8 Å². The molecule has 0 bridgehead atoms. The smallest absolute Gasteiger partial charge is 0.357 e. The minimum atomic E-state index is -0.507. The number of hydrogen-bond acceptors (Lipinski definition) is 4. The summed E-state index contributed by atoms with van der Waals surface area (Å²) in [5.74, 6) is -0.857. The summed E-state index contributed by atoms with van der Waals surface area (Å²) in [6.45, 7) is 4.00. The number of aromatic nitrogens is 3. The molecule has 2 heterocycles. The molecule has 0 aliphatic heterocycles. The van der Waals surface area contributed by atoms with Gasteiger partial charge in [-0.15, -0.1) is 0 Å². The van der Waals surface area contributed by atoms with Crippen LogP contribution < -0.4 is 0 Å². The van der Waals surface area contributed by atoms with Crippen molar-refractivity contribution in [3.63, 3.8) is 0 Å². The fraction of sp³-hybridized carbons (Fsp3) is 0.136. The molecule has 2 aromatic heterocycles. The van der Waals surface area contributed by atoms with Crippen molar-refractivity contribution in [3.8, 4) is 22.4 Å². The molecule has 0 unspecified atom stereocenters. The van der Waals surface area contributed by atoms with Crippen LogP contribution in [-0.2, 0) is 4.74 Å². The topological polar surface area (TPSA) is 56.5 Å². The van der Waals surface area contributed by atoms with Gasteiger partial charge in [-0.3, -0.25) is 0 Å². The minimum Gasteiger partial charge on any atom is -0.461 e. The Morgan fingerprint density at radius 2 is 1.75 bits per heavy atom. The van der Waals surface area contributed by atoms with E-state index in [1.807, 2.05) is 37.3 Å². The normalized spacial score (nSPS) is 11.0. The summed E-state index contributed by atoms with van der Waals surface area (Å²) in [6, 6.07) is 15.7. The van der Waals surface area contributed by atoms with Gasteiger partial charge in [0, 0.05) is 23.4 Å². The van der Waals surface area contributed by atoms with E-state index in [1.165, 1.54) is 16.6 Å². The van der Waals surface area contributed by atoms with Gasteiger partial charge in [-0.1, -0.05) is 42.0 Å². The zero-order valence-corrected chi connectivity index (χ0v) is 15.5. The number of rotatable bonds is 4. The molecule has 0 N–H and O–H groups in total. The van der Waals surface area contributed by atoms with Gasteiger partial charge in [-0.2, -0.15) is 5.10 Å². The molecule has 4 rings (SSSR count). The van der Waals surface area contributed by atoms with Crippen LogP contribution >= 0.6 is 0 Å². The van der Waals surface area contributed by atoms with E-state index in [2.05, 4.69) is 10.1 Å². The van der Waals surface area contributed by atoms with E-state index < -0.39 is 5.97 Å². The van der Waals surface area contributed by atoms with Crippen molar-refractivity contribution in [3.05, 3.63) is 77.9 Å². The minimum absolute atomic E-state index is 0.234. The predicted octanol–water partition coefficient (Wildman–Crippen LogP) is 4.69. The van der Waals surface area contributed by atoms with Gasteiger partial charge < -0.3 is 4.74 Å². The summed E-state index contributed by atoms with van der Waals surface area (Å²) < 4.78 is 20.1. The largest absolute Gasteiger partial charge is 0.461 e. The van der Waals surface area contributed by atoms with Gasteiger partial charge in [0.15, 0.2) is 11.3 Å². The van der Waals surface area contributed by atoms with Crippen LogP contribution in [0, 0.1) is 12.7 Å². The highest BCUT2D eigenvalue weighted by Gasteiger charge is 2.21. The Balaban J connectivity index is 1.92. The molecule has 0 radical (unpaired) electrons. The first kappa shape index (κ1) is 17.9. The first-order valence-electron chi connectivity index (χ1n) is 8.95. The van der Waals surface area contributed by atoms with Crippen molar-refractivity contribution in [1.29, 1.82) is 0 Å². The van der Waals surface area contributed by atoms with Crippen LogP contribution in [-0.4, -0.2) is 27.2 Å². The summed E-state index contributed by atoms with van der Waals surface area (Å²) >= 11 is 0. The lowest BCUT2D eigenvalue weighted by molar-refractivity contribution is 0.0517. The lowest BCUT2D eigenvalue weighted by Gasteiger charge is -2.10. The second kappa shape index (κ2) is 7.23. The van der Waals surface area contributed by atoms with Crippen LogP contribution in [0.4, 0.5) is 4.39 Å². The number of nitrogens with zero attached hydrogens (tertiary/aromatic N) is 3. The van der Waals surface area contributed by atoms with Crippen LogP contribution in [0.2, 0.25) is 0 Å². The second-order valence-electron chi connectivity index (χ2n) is 6.41. The lowest BCUT2D eigenvalue weighted by Crippen LogP contribution is -2.14. The van der Waals surface area contributed by atoms with Gasteiger partial charge in [-0.25, -0.2) is 18.7 Å². The summed E-state index contributed by atoms with van der Waals surface area (Å²) in [6.07, 6.45) is 1.59. The summed E-state index contributed by atoms with van der Waals surface area (Å²) in [5, 5.41) is 4.60. The zero-order valence-electron chi connectivity index (χ0n) is 15.5. The number of benzene rings is 2. The highest BCUT2D eigenvalue weighted by Crippen LogP contribution is 2.27. The molecule has 0 aliphatic rings. The molecule has 0 atom stereocenters. The van der Waals surface area contributed by atoms with Gasteiger partial charge in [0.2, 0.25) is 0 Å². The van der Waals surface area contributed by atoms with Gasteiger partial charge in [-0.05, 0) is 31.5 Å². The van der Waals surface area contributed by atoms with Gasteiger partial charge in [0.1, 0.15) is 5.82 Å². The van der Waals surface area contributed by atoms with Crippen LogP contribution in [0.3, 0.4) is 0 Å². The molecule has 28 heavy (non-hydrogen) atoms. The van der Waals surface area contributed by atoms with E-state index in [0.717, 1.165) is 11.1 Å². The van der Waals surface area contributed by atoms with Gasteiger partial charge >= 0.3 is 5.97 Å². The van der Waals surface area contributed by atoms with Crippen LogP contribution in [0.5, 0.6) is 0 Å². The van der Waals surface area contributed by atoms with E-state index in [9.17, 15) is 9.18 Å². The molecule has 0 amide bonds. The Morgan fingerprint density at radius 1 is 1.07 bits per heavy atom. The number of ether oxygens (including phenoxy) is 1. The van der Waals surface area contributed by atoms with Crippen molar-refractivity contribution < 1.29 is 13.9 Å². The quantitative estimate of drug-likeness (QED) is 0.486. The van der Waals surface area contributed by atoms with Gasteiger partial charge in [0.05, 0.1) is 12.3 Å². The van der Waals surface area contributed by atoms with Crippen LogP contribution in [0.25, 0.3) is 28.0 Å². The number of aryl methyl sites for hydroxylation is 1. The van der Waals surface area contributed by atoms with Crippen molar-refractivity contribution in [2.45, 2.75) is 13.8 Å². The summed E-state index contributed by atoms with van der Waals surface area (Å²) in [7, 11) is 0. The Labute approximate surface area is 161 Å². The number of esters is 1. The number of carbonyl (C=O) groups is 1. The van der Waals surface area contributed by atoms with E-state index in [-0.39, 0.29) is 18.1 Å². The molecule has 0 aliphatic carbocycles. The Hall–Kier alpha value is -3.54. The molecule has 5 nitrogen and oxygen atoms in total. The maximum atomic E-state index is 13.3. The Morgan fingerprint density at radius 3 is 2.43 bits per heavy atom. The second-order valence-corrected chi connectivity index (χ2v) is 6.41. The fourth-order valence-corrected chi connectivity index (χ4v) is 3.04. The number of carbonyl (C=O) groups excluding carboxylic acids is 1. The lowest BCUT2D eigenvalue weighted by atomic mass is 10.1. The van der Waals surface area contributed by atoms with Crippen molar-refractivity contribution >= 4 is 11.6 Å². The third-order valence-electron chi connectivity index (χ3n) is 4.45. The molecule has 0 saturated carbocycles. The number of halogens is 1. The highest BCUT2D eigenvalue weighted by atomic mass is 19.1. The van der Waals surface area contributed by atoms with E-state index >= 15 is 0 Å². The molecule has 4 aromatic rings. The molecular weight excluding hydrogens is 357 g/mol. The van der Waals surface area contributed by atoms with Gasteiger partial charge in [0.25, 0.3) is 0 Å². The van der Waals surface area contributed by atoms with E-state index in [0.29, 0.717) is 22.5 Å². The molecule has 2 aromatic carbocycles.